The molecule has 0 unspecified atom stereocenters. The molecule has 0 aromatic heterocycles. The second kappa shape index (κ2) is 7.40. The van der Waals surface area contributed by atoms with Crippen LogP contribution >= 0.6 is 28.3 Å². The number of nitrogens with zero attached hydrogens (tertiary/aromatic N) is 1. The second-order valence-corrected chi connectivity index (χ2v) is 6.10. The number of aliphatic hydroxyl groups is 1. The van der Waals surface area contributed by atoms with E-state index in [0.29, 0.717) is 4.47 Å². The van der Waals surface area contributed by atoms with Gasteiger partial charge in [-0.15, -0.1) is 12.4 Å². The van der Waals surface area contributed by atoms with Gasteiger partial charge in [-0.2, -0.15) is 0 Å². The number of hydrogen-bond donors (Lipinski definition) is 3. The molecule has 1 aromatic carbocycles. The number of nitrogens with two attached hydrogens (primary N) is 1. The van der Waals surface area contributed by atoms with Gasteiger partial charge in [0.15, 0.2) is 5.75 Å². The number of nitro groups is 1. The molecule has 1 saturated carbocycles. The Kier molecular flexibility index (Phi) is 6.40. The molecular formula is C13H18BrClN2O4. The molecule has 1 aliphatic carbocycles. The van der Waals surface area contributed by atoms with Crippen LogP contribution in [0.2, 0.25) is 0 Å². The molecule has 118 valence electrons. The van der Waals surface area contributed by atoms with Crippen molar-refractivity contribution in [2.24, 2.45) is 11.7 Å². The first-order valence-electron chi connectivity index (χ1n) is 6.52. The van der Waals surface area contributed by atoms with Crippen molar-refractivity contribution in [1.82, 2.24) is 0 Å². The highest BCUT2D eigenvalue weighted by atomic mass is 79.9. The van der Waals surface area contributed by atoms with E-state index in [1.807, 2.05) is 0 Å². The lowest BCUT2D eigenvalue weighted by molar-refractivity contribution is -0.386. The number of phenols is 1. The van der Waals surface area contributed by atoms with Gasteiger partial charge in [0.25, 0.3) is 0 Å². The van der Waals surface area contributed by atoms with E-state index in [1.54, 1.807) is 0 Å². The van der Waals surface area contributed by atoms with Gasteiger partial charge in [-0.05, 0) is 24.8 Å². The van der Waals surface area contributed by atoms with Gasteiger partial charge in [-0.3, -0.25) is 10.1 Å². The van der Waals surface area contributed by atoms with Gasteiger partial charge in [0.1, 0.15) is 0 Å². The summed E-state index contributed by atoms with van der Waals surface area (Å²) in [5, 5.41) is 31.2. The highest BCUT2D eigenvalue weighted by molar-refractivity contribution is 9.10. The van der Waals surface area contributed by atoms with Gasteiger partial charge in [0, 0.05) is 16.1 Å². The Morgan fingerprint density at radius 2 is 1.95 bits per heavy atom. The molecule has 0 bridgehead atoms. The summed E-state index contributed by atoms with van der Waals surface area (Å²) in [5.74, 6) is -0.384. The molecule has 1 fully saturated rings. The largest absolute Gasteiger partial charge is 0.502 e. The van der Waals surface area contributed by atoms with E-state index in [1.165, 1.54) is 12.1 Å². The van der Waals surface area contributed by atoms with Gasteiger partial charge < -0.3 is 15.9 Å². The Balaban J connectivity index is 0.00000220. The van der Waals surface area contributed by atoms with Crippen LogP contribution in [0.5, 0.6) is 5.75 Å². The zero-order valence-corrected chi connectivity index (χ0v) is 13.6. The fraction of sp³-hybridized carbons (Fsp3) is 0.538. The van der Waals surface area contributed by atoms with Gasteiger partial charge in [0.2, 0.25) is 0 Å². The van der Waals surface area contributed by atoms with Crippen LogP contribution in [0.15, 0.2) is 16.6 Å². The summed E-state index contributed by atoms with van der Waals surface area (Å²) >= 11 is 3.16. The Morgan fingerprint density at radius 1 is 1.38 bits per heavy atom. The maximum Gasteiger partial charge on any atom is 0.312 e. The summed E-state index contributed by atoms with van der Waals surface area (Å²) in [5.41, 5.74) is 5.79. The summed E-state index contributed by atoms with van der Waals surface area (Å²) in [6.07, 6.45) is 3.09. The molecule has 0 amide bonds. The maximum absolute atomic E-state index is 10.9. The molecule has 8 heteroatoms. The van der Waals surface area contributed by atoms with Crippen LogP contribution in [0.3, 0.4) is 0 Å². The standard InChI is InChI=1S/C13H17BrN2O4.ClH/c14-8-5-9(13(18)10(6-8)16(19)20)11(15)12(17)7-3-1-2-4-7;/h5-7,11-12,17-18H,1-4,15H2;1H/t11-,12+;/m0./s1. The molecule has 1 aliphatic rings. The number of nitro benzene ring substituents is 1. The fourth-order valence-electron chi connectivity index (χ4n) is 2.77. The molecule has 4 N–H and O–H groups in total. The van der Waals surface area contributed by atoms with Crippen LogP contribution in [0.1, 0.15) is 37.3 Å². The Labute approximate surface area is 137 Å². The molecule has 0 radical (unpaired) electrons. The number of hydrogen-bond acceptors (Lipinski definition) is 5. The zero-order valence-electron chi connectivity index (χ0n) is 11.2. The smallest absolute Gasteiger partial charge is 0.312 e. The number of rotatable bonds is 4. The minimum atomic E-state index is -0.839. The molecule has 0 heterocycles. The summed E-state index contributed by atoms with van der Waals surface area (Å²) in [6.45, 7) is 0. The first-order valence-corrected chi connectivity index (χ1v) is 7.31. The van der Waals surface area contributed by atoms with Crippen molar-refractivity contribution in [2.75, 3.05) is 0 Å². The number of benzene rings is 1. The fourth-order valence-corrected chi connectivity index (χ4v) is 3.24. The highest BCUT2D eigenvalue weighted by Gasteiger charge is 2.32. The Morgan fingerprint density at radius 3 is 2.48 bits per heavy atom. The lowest BCUT2D eigenvalue weighted by Gasteiger charge is -2.25. The second-order valence-electron chi connectivity index (χ2n) is 5.18. The van der Waals surface area contributed by atoms with Crippen molar-refractivity contribution < 1.29 is 15.1 Å². The predicted octanol–water partition coefficient (Wildman–Crippen LogP) is 3.04. The summed E-state index contributed by atoms with van der Waals surface area (Å²) in [6, 6.07) is 1.90. The molecule has 2 atom stereocenters. The van der Waals surface area contributed by atoms with Crippen LogP contribution in [-0.4, -0.2) is 21.2 Å². The van der Waals surface area contributed by atoms with E-state index < -0.39 is 28.5 Å². The van der Waals surface area contributed by atoms with E-state index in [0.717, 1.165) is 25.7 Å². The minimum Gasteiger partial charge on any atom is -0.502 e. The lowest BCUT2D eigenvalue weighted by atomic mass is 9.90. The van der Waals surface area contributed by atoms with Crippen molar-refractivity contribution in [3.8, 4) is 5.75 Å². The number of aliphatic hydroxyl groups excluding tert-OH is 1. The first kappa shape index (κ1) is 18.2. The van der Waals surface area contributed by atoms with E-state index in [2.05, 4.69) is 15.9 Å². The van der Waals surface area contributed by atoms with Crippen LogP contribution in [0, 0.1) is 16.0 Å². The third-order valence-corrected chi connectivity index (χ3v) is 4.35. The minimum absolute atomic E-state index is 0. The van der Waals surface area contributed by atoms with Gasteiger partial charge in [-0.1, -0.05) is 28.8 Å². The predicted molar refractivity (Wildman–Crippen MR) is 84.6 cm³/mol. The normalized spacial score (nSPS) is 18.0. The molecule has 21 heavy (non-hydrogen) atoms. The molecule has 0 saturated heterocycles. The van der Waals surface area contributed by atoms with Crippen molar-refractivity contribution in [2.45, 2.75) is 37.8 Å². The molecule has 1 aromatic rings. The highest BCUT2D eigenvalue weighted by Crippen LogP contribution is 2.40. The first-order chi connectivity index (χ1) is 9.41. The van der Waals surface area contributed by atoms with Crippen molar-refractivity contribution in [1.29, 1.82) is 0 Å². The van der Waals surface area contributed by atoms with Crippen molar-refractivity contribution >= 4 is 34.0 Å². The van der Waals surface area contributed by atoms with Crippen LogP contribution < -0.4 is 5.73 Å². The van der Waals surface area contributed by atoms with E-state index in [-0.39, 0.29) is 23.9 Å². The van der Waals surface area contributed by atoms with Gasteiger partial charge in [0.05, 0.1) is 17.1 Å². The molecule has 0 aliphatic heterocycles. The average molecular weight is 382 g/mol. The monoisotopic (exact) mass is 380 g/mol. The SMILES string of the molecule is Cl.N[C@@H](c1cc(Br)cc([N+](=O)[O-])c1O)[C@H](O)C1CCCC1. The third-order valence-electron chi connectivity index (χ3n) is 3.89. The van der Waals surface area contributed by atoms with Crippen molar-refractivity contribution in [3.63, 3.8) is 0 Å². The number of phenolic OH excluding ortho intramolecular Hbond substituents is 1. The molecule has 6 nitrogen and oxygen atoms in total. The molecule has 0 spiro atoms. The van der Waals surface area contributed by atoms with Crippen LogP contribution in [-0.2, 0) is 0 Å². The summed E-state index contributed by atoms with van der Waals surface area (Å²) in [7, 11) is 0. The van der Waals surface area contributed by atoms with E-state index in [4.69, 9.17) is 5.73 Å². The third kappa shape index (κ3) is 3.85. The average Bonchev–Trinajstić information content (AvgIpc) is 2.93. The number of halogens is 2. The van der Waals surface area contributed by atoms with Crippen LogP contribution in [0.25, 0.3) is 0 Å². The quantitative estimate of drug-likeness (QED) is 0.548. The maximum atomic E-state index is 10.9. The van der Waals surface area contributed by atoms with Crippen LogP contribution in [0.4, 0.5) is 5.69 Å². The topological polar surface area (TPSA) is 110 Å². The summed E-state index contributed by atoms with van der Waals surface area (Å²) in [4.78, 5) is 10.2. The van der Waals surface area contributed by atoms with Gasteiger partial charge >= 0.3 is 5.69 Å². The lowest BCUT2D eigenvalue weighted by Crippen LogP contribution is -2.32. The molecule has 2 rings (SSSR count). The van der Waals surface area contributed by atoms with Gasteiger partial charge in [-0.25, -0.2) is 0 Å². The molecular weight excluding hydrogens is 364 g/mol. The summed E-state index contributed by atoms with van der Waals surface area (Å²) < 4.78 is 0.450. The Bertz CT molecular complexity index is 523. The van der Waals surface area contributed by atoms with Crippen molar-refractivity contribution in [3.05, 3.63) is 32.3 Å². The van der Waals surface area contributed by atoms with E-state index >= 15 is 0 Å². The number of aromatic hydroxyl groups is 1. The Hall–Kier alpha value is -0.890. The van der Waals surface area contributed by atoms with E-state index in [9.17, 15) is 20.3 Å². The zero-order chi connectivity index (χ0) is 14.9.